The van der Waals surface area contributed by atoms with Crippen molar-refractivity contribution in [3.8, 4) is 11.5 Å². The smallest absolute Gasteiger partial charge is 0.118 e. The second-order valence-electron chi connectivity index (χ2n) is 6.24. The Labute approximate surface area is 138 Å². The molecule has 0 N–H and O–H groups in total. The molecule has 1 heterocycles. The molecule has 0 aromatic heterocycles. The van der Waals surface area contributed by atoms with Gasteiger partial charge in [-0.05, 0) is 47.2 Å². The summed E-state index contributed by atoms with van der Waals surface area (Å²) in [6.45, 7) is 4.53. The van der Waals surface area contributed by atoms with Crippen molar-refractivity contribution in [3.05, 3.63) is 59.7 Å². The molecule has 3 nitrogen and oxygen atoms in total. The summed E-state index contributed by atoms with van der Waals surface area (Å²) < 4.78 is 16.9. The van der Waals surface area contributed by atoms with Crippen LogP contribution in [0.1, 0.15) is 37.2 Å². The Morgan fingerprint density at radius 1 is 0.652 bits per heavy atom. The molecule has 0 radical (unpaired) electrons. The lowest BCUT2D eigenvalue weighted by atomic mass is 9.85. The van der Waals surface area contributed by atoms with E-state index in [2.05, 4.69) is 38.1 Å². The molecule has 1 aliphatic rings. The number of hydrogen-bond acceptors (Lipinski definition) is 3. The highest BCUT2D eigenvalue weighted by Crippen LogP contribution is 2.49. The average Bonchev–Trinajstić information content (AvgIpc) is 2.91. The topological polar surface area (TPSA) is 27.7 Å². The minimum Gasteiger partial charge on any atom is -0.497 e. The van der Waals surface area contributed by atoms with E-state index in [0.29, 0.717) is 11.8 Å². The first kappa shape index (κ1) is 15.9. The Morgan fingerprint density at radius 2 is 1.00 bits per heavy atom. The van der Waals surface area contributed by atoms with Gasteiger partial charge in [0.15, 0.2) is 0 Å². The lowest BCUT2D eigenvalue weighted by molar-refractivity contribution is 0.0290. The summed E-state index contributed by atoms with van der Waals surface area (Å²) in [6, 6.07) is 16.4. The van der Waals surface area contributed by atoms with Crippen LogP contribution in [0.2, 0.25) is 0 Å². The Balaban J connectivity index is 1.81. The molecule has 0 amide bonds. The highest BCUT2D eigenvalue weighted by Gasteiger charge is 2.40. The molecule has 0 bridgehead atoms. The first-order valence-corrected chi connectivity index (χ1v) is 8.07. The van der Waals surface area contributed by atoms with Crippen LogP contribution in [0, 0.1) is 11.8 Å². The lowest BCUT2D eigenvalue weighted by Crippen LogP contribution is -2.09. The Bertz CT molecular complexity index is 575. The van der Waals surface area contributed by atoms with E-state index in [9.17, 15) is 0 Å². The van der Waals surface area contributed by atoms with Crippen LogP contribution in [0.4, 0.5) is 0 Å². The van der Waals surface area contributed by atoms with Crippen molar-refractivity contribution < 1.29 is 14.2 Å². The Kier molecular flexibility index (Phi) is 4.58. The molecule has 3 rings (SSSR count). The fourth-order valence-electron chi connectivity index (χ4n) is 3.31. The molecule has 4 atom stereocenters. The van der Waals surface area contributed by atoms with Crippen LogP contribution in [0.3, 0.4) is 0 Å². The zero-order chi connectivity index (χ0) is 16.4. The largest absolute Gasteiger partial charge is 0.497 e. The van der Waals surface area contributed by atoms with Crippen molar-refractivity contribution in [2.75, 3.05) is 14.2 Å². The predicted octanol–water partition coefficient (Wildman–Crippen LogP) is 4.79. The van der Waals surface area contributed by atoms with Gasteiger partial charge in [0, 0.05) is 0 Å². The molecule has 1 aliphatic heterocycles. The normalized spacial score (nSPS) is 27.0. The minimum absolute atomic E-state index is 0.114. The van der Waals surface area contributed by atoms with Crippen LogP contribution in [0.5, 0.6) is 11.5 Å². The Hall–Kier alpha value is -2.00. The van der Waals surface area contributed by atoms with Gasteiger partial charge in [0.2, 0.25) is 0 Å². The van der Waals surface area contributed by atoms with Crippen LogP contribution in [-0.4, -0.2) is 14.2 Å². The maximum Gasteiger partial charge on any atom is 0.118 e. The van der Waals surface area contributed by atoms with E-state index in [1.165, 1.54) is 11.1 Å². The molecule has 1 saturated heterocycles. The van der Waals surface area contributed by atoms with E-state index in [1.54, 1.807) is 14.2 Å². The summed E-state index contributed by atoms with van der Waals surface area (Å²) in [5.74, 6) is 2.66. The third-order valence-electron chi connectivity index (χ3n) is 4.97. The van der Waals surface area contributed by atoms with Crippen LogP contribution in [-0.2, 0) is 4.74 Å². The second kappa shape index (κ2) is 6.63. The fourth-order valence-corrected chi connectivity index (χ4v) is 3.31. The zero-order valence-corrected chi connectivity index (χ0v) is 14.2. The van der Waals surface area contributed by atoms with E-state index >= 15 is 0 Å². The van der Waals surface area contributed by atoms with E-state index < -0.39 is 0 Å². The third-order valence-corrected chi connectivity index (χ3v) is 4.97. The molecule has 0 spiro atoms. The molecule has 2 aromatic carbocycles. The van der Waals surface area contributed by atoms with Gasteiger partial charge in [0.05, 0.1) is 26.4 Å². The van der Waals surface area contributed by atoms with Crippen molar-refractivity contribution in [1.82, 2.24) is 0 Å². The minimum atomic E-state index is 0.114. The first-order valence-electron chi connectivity index (χ1n) is 8.07. The number of rotatable bonds is 4. The van der Waals surface area contributed by atoms with Gasteiger partial charge in [-0.25, -0.2) is 0 Å². The van der Waals surface area contributed by atoms with Crippen molar-refractivity contribution >= 4 is 0 Å². The molecule has 0 aliphatic carbocycles. The van der Waals surface area contributed by atoms with Crippen LogP contribution in [0.15, 0.2) is 48.5 Å². The summed E-state index contributed by atoms with van der Waals surface area (Å²) in [6.07, 6.45) is 0.228. The first-order chi connectivity index (χ1) is 11.1. The highest BCUT2D eigenvalue weighted by molar-refractivity contribution is 5.32. The van der Waals surface area contributed by atoms with Crippen molar-refractivity contribution in [3.63, 3.8) is 0 Å². The van der Waals surface area contributed by atoms with Gasteiger partial charge in [-0.1, -0.05) is 38.1 Å². The molecule has 122 valence electrons. The van der Waals surface area contributed by atoms with Crippen LogP contribution in [0.25, 0.3) is 0 Å². The number of hydrogen-bond donors (Lipinski definition) is 0. The summed E-state index contributed by atoms with van der Waals surface area (Å²) in [5.41, 5.74) is 2.42. The maximum atomic E-state index is 6.42. The lowest BCUT2D eigenvalue weighted by Gasteiger charge is -2.16. The van der Waals surface area contributed by atoms with Gasteiger partial charge < -0.3 is 14.2 Å². The standard InChI is InChI=1S/C20H24O3/c1-13-14(2)20(16-7-11-18(22-4)12-8-16)23-19(13)15-5-9-17(21-3)10-6-15/h5-14,19-20H,1-4H3/t13-,14+,19+,20-. The molecular formula is C20H24O3. The van der Waals surface area contributed by atoms with Gasteiger partial charge in [0.25, 0.3) is 0 Å². The van der Waals surface area contributed by atoms with Gasteiger partial charge in [-0.15, -0.1) is 0 Å². The molecule has 23 heavy (non-hydrogen) atoms. The molecule has 1 fully saturated rings. The SMILES string of the molecule is COc1ccc([C@H]2O[C@@H](c3ccc(OC)cc3)[C@@H](C)[C@H]2C)cc1. The van der Waals surface area contributed by atoms with Crippen molar-refractivity contribution in [2.24, 2.45) is 11.8 Å². The van der Waals surface area contributed by atoms with Gasteiger partial charge in [0.1, 0.15) is 11.5 Å². The summed E-state index contributed by atoms with van der Waals surface area (Å²) >= 11 is 0. The van der Waals surface area contributed by atoms with Crippen LogP contribution < -0.4 is 9.47 Å². The van der Waals surface area contributed by atoms with Gasteiger partial charge >= 0.3 is 0 Å². The maximum absolute atomic E-state index is 6.42. The summed E-state index contributed by atoms with van der Waals surface area (Å²) in [7, 11) is 3.37. The van der Waals surface area contributed by atoms with Crippen molar-refractivity contribution in [1.29, 1.82) is 0 Å². The predicted molar refractivity (Wildman–Crippen MR) is 90.9 cm³/mol. The molecule has 2 aromatic rings. The zero-order valence-electron chi connectivity index (χ0n) is 14.2. The Morgan fingerprint density at radius 3 is 1.30 bits per heavy atom. The third kappa shape index (κ3) is 3.06. The molecule has 0 saturated carbocycles. The van der Waals surface area contributed by atoms with Crippen LogP contribution >= 0.6 is 0 Å². The molecular weight excluding hydrogens is 288 g/mol. The van der Waals surface area contributed by atoms with Gasteiger partial charge in [-0.3, -0.25) is 0 Å². The van der Waals surface area contributed by atoms with E-state index in [1.807, 2.05) is 24.3 Å². The van der Waals surface area contributed by atoms with E-state index in [-0.39, 0.29) is 12.2 Å². The van der Waals surface area contributed by atoms with Crippen molar-refractivity contribution in [2.45, 2.75) is 26.1 Å². The summed E-state index contributed by atoms with van der Waals surface area (Å²) in [5, 5.41) is 0. The van der Waals surface area contributed by atoms with Gasteiger partial charge in [-0.2, -0.15) is 0 Å². The quantitative estimate of drug-likeness (QED) is 0.812. The van der Waals surface area contributed by atoms with E-state index in [4.69, 9.17) is 14.2 Å². The number of methoxy groups -OCH3 is 2. The summed E-state index contributed by atoms with van der Waals surface area (Å²) in [4.78, 5) is 0. The number of benzene rings is 2. The fraction of sp³-hybridized carbons (Fsp3) is 0.400. The molecule has 0 unspecified atom stereocenters. The monoisotopic (exact) mass is 312 g/mol. The second-order valence-corrected chi connectivity index (χ2v) is 6.24. The van der Waals surface area contributed by atoms with E-state index in [0.717, 1.165) is 11.5 Å². The molecule has 3 heteroatoms. The number of ether oxygens (including phenoxy) is 3. The average molecular weight is 312 g/mol. The highest BCUT2D eigenvalue weighted by atomic mass is 16.5.